The lowest BCUT2D eigenvalue weighted by Crippen LogP contribution is -2.09. The fourth-order valence-corrected chi connectivity index (χ4v) is 1.58. The van der Waals surface area contributed by atoms with E-state index in [1.165, 1.54) is 12.1 Å². The van der Waals surface area contributed by atoms with E-state index in [4.69, 9.17) is 4.42 Å². The first-order valence-electron chi connectivity index (χ1n) is 4.66. The molecule has 0 bridgehead atoms. The molecule has 0 saturated heterocycles. The van der Waals surface area contributed by atoms with Crippen LogP contribution in [-0.4, -0.2) is 0 Å². The van der Waals surface area contributed by atoms with Crippen molar-refractivity contribution in [3.63, 3.8) is 0 Å². The first-order chi connectivity index (χ1) is 6.48. The van der Waals surface area contributed by atoms with Gasteiger partial charge in [-0.25, -0.2) is 4.39 Å². The molecule has 1 nitrogen and oxygen atoms in total. The van der Waals surface area contributed by atoms with Crippen LogP contribution in [0.5, 0.6) is 0 Å². The summed E-state index contributed by atoms with van der Waals surface area (Å²) in [6, 6.07) is 4.61. The first kappa shape index (κ1) is 9.25. The molecule has 0 aliphatic rings. The molecule has 1 aromatic carbocycles. The van der Waals surface area contributed by atoms with E-state index in [9.17, 15) is 4.39 Å². The molecular weight excluding hydrogens is 179 g/mol. The van der Waals surface area contributed by atoms with Gasteiger partial charge in [0.2, 0.25) is 0 Å². The quantitative estimate of drug-likeness (QED) is 0.617. The van der Waals surface area contributed by atoms with Crippen molar-refractivity contribution >= 4 is 11.0 Å². The zero-order valence-corrected chi connectivity index (χ0v) is 8.60. The summed E-state index contributed by atoms with van der Waals surface area (Å²) >= 11 is 0. The van der Waals surface area contributed by atoms with E-state index >= 15 is 0 Å². The van der Waals surface area contributed by atoms with Crippen molar-refractivity contribution < 1.29 is 8.81 Å². The summed E-state index contributed by atoms with van der Waals surface area (Å²) in [5.41, 5.74) is 1.78. The average molecular weight is 192 g/mol. The second kappa shape index (κ2) is 2.84. The van der Waals surface area contributed by atoms with Gasteiger partial charge in [0.25, 0.3) is 0 Å². The summed E-state index contributed by atoms with van der Waals surface area (Å²) in [6.45, 7) is 6.26. The van der Waals surface area contributed by atoms with Gasteiger partial charge in [-0.1, -0.05) is 20.8 Å². The fraction of sp³-hybridized carbons (Fsp3) is 0.333. The van der Waals surface area contributed by atoms with Crippen molar-refractivity contribution in [2.45, 2.75) is 26.2 Å². The van der Waals surface area contributed by atoms with Crippen LogP contribution in [0.25, 0.3) is 11.0 Å². The molecular formula is C12H13FO. The number of furan rings is 1. The molecule has 0 fully saturated rings. The van der Waals surface area contributed by atoms with E-state index in [0.717, 1.165) is 16.5 Å². The van der Waals surface area contributed by atoms with Crippen molar-refractivity contribution in [2.24, 2.45) is 0 Å². The molecule has 0 aliphatic heterocycles. The Bertz CT molecular complexity index is 463. The van der Waals surface area contributed by atoms with Crippen LogP contribution in [0.3, 0.4) is 0 Å². The minimum absolute atomic E-state index is 0.0148. The molecule has 14 heavy (non-hydrogen) atoms. The molecule has 2 heteroatoms. The number of hydrogen-bond donors (Lipinski definition) is 0. The highest BCUT2D eigenvalue weighted by molar-refractivity contribution is 5.82. The highest BCUT2D eigenvalue weighted by Gasteiger charge is 2.19. The van der Waals surface area contributed by atoms with Gasteiger partial charge in [-0.3, -0.25) is 0 Å². The smallest absolute Gasteiger partial charge is 0.134 e. The van der Waals surface area contributed by atoms with Gasteiger partial charge in [-0.15, -0.1) is 0 Å². The Morgan fingerprint density at radius 1 is 1.21 bits per heavy atom. The average Bonchev–Trinajstić information content (AvgIpc) is 2.45. The van der Waals surface area contributed by atoms with Crippen LogP contribution >= 0.6 is 0 Å². The maximum Gasteiger partial charge on any atom is 0.134 e. The predicted octanol–water partition coefficient (Wildman–Crippen LogP) is 3.87. The normalized spacial score (nSPS) is 12.3. The minimum Gasteiger partial charge on any atom is -0.464 e. The van der Waals surface area contributed by atoms with Crippen LogP contribution in [0.2, 0.25) is 0 Å². The number of halogens is 1. The Kier molecular flexibility index (Phi) is 1.88. The molecule has 0 amide bonds. The van der Waals surface area contributed by atoms with Gasteiger partial charge in [0.15, 0.2) is 0 Å². The number of rotatable bonds is 0. The zero-order chi connectivity index (χ0) is 10.3. The summed E-state index contributed by atoms with van der Waals surface area (Å²) in [5, 5.41) is 0.873. The van der Waals surface area contributed by atoms with Crippen LogP contribution in [0.15, 0.2) is 28.9 Å². The number of fused-ring (bicyclic) bond motifs is 1. The summed E-state index contributed by atoms with van der Waals surface area (Å²) in [5.74, 6) is -0.218. The SMILES string of the molecule is CC(C)(C)c1coc2ccc(F)cc12. The third-order valence-corrected chi connectivity index (χ3v) is 2.34. The summed E-state index contributed by atoms with van der Waals surface area (Å²) < 4.78 is 18.4. The van der Waals surface area contributed by atoms with E-state index in [1.54, 1.807) is 12.3 Å². The maximum atomic E-state index is 13.0. The first-order valence-corrected chi connectivity index (χ1v) is 4.66. The van der Waals surface area contributed by atoms with Gasteiger partial charge in [-0.05, 0) is 23.6 Å². The molecule has 0 atom stereocenters. The molecule has 1 heterocycles. The van der Waals surface area contributed by atoms with E-state index in [-0.39, 0.29) is 11.2 Å². The van der Waals surface area contributed by atoms with Crippen molar-refractivity contribution in [3.05, 3.63) is 35.8 Å². The molecule has 0 spiro atoms. The lowest BCUT2D eigenvalue weighted by molar-refractivity contribution is 0.557. The van der Waals surface area contributed by atoms with Gasteiger partial charge in [0.1, 0.15) is 11.4 Å². The third-order valence-electron chi connectivity index (χ3n) is 2.34. The third kappa shape index (κ3) is 1.41. The van der Waals surface area contributed by atoms with Gasteiger partial charge < -0.3 is 4.42 Å². The zero-order valence-electron chi connectivity index (χ0n) is 8.60. The monoisotopic (exact) mass is 192 g/mol. The summed E-state index contributed by atoms with van der Waals surface area (Å²) in [4.78, 5) is 0. The minimum atomic E-state index is -0.218. The topological polar surface area (TPSA) is 13.1 Å². The second-order valence-corrected chi connectivity index (χ2v) is 4.54. The van der Waals surface area contributed by atoms with E-state index in [0.29, 0.717) is 0 Å². The van der Waals surface area contributed by atoms with Crippen LogP contribution in [-0.2, 0) is 5.41 Å². The standard InChI is InChI=1S/C12H13FO/c1-12(2,3)10-7-14-11-5-4-8(13)6-9(10)11/h4-7H,1-3H3. The summed E-state index contributed by atoms with van der Waals surface area (Å²) in [6.07, 6.45) is 1.71. The van der Waals surface area contributed by atoms with Crippen LogP contribution in [0.4, 0.5) is 4.39 Å². The molecule has 1 aromatic heterocycles. The van der Waals surface area contributed by atoms with Crippen molar-refractivity contribution in [1.82, 2.24) is 0 Å². The van der Waals surface area contributed by atoms with Crippen LogP contribution < -0.4 is 0 Å². The maximum absolute atomic E-state index is 13.0. The number of hydrogen-bond acceptors (Lipinski definition) is 1. The number of benzene rings is 1. The molecule has 2 aromatic rings. The highest BCUT2D eigenvalue weighted by Crippen LogP contribution is 2.31. The van der Waals surface area contributed by atoms with E-state index < -0.39 is 0 Å². The Labute approximate surface area is 82.5 Å². The van der Waals surface area contributed by atoms with Crippen LogP contribution in [0.1, 0.15) is 26.3 Å². The second-order valence-electron chi connectivity index (χ2n) is 4.54. The fourth-order valence-electron chi connectivity index (χ4n) is 1.58. The van der Waals surface area contributed by atoms with E-state index in [1.807, 2.05) is 0 Å². The lowest BCUT2D eigenvalue weighted by Gasteiger charge is -2.16. The molecule has 74 valence electrons. The molecule has 2 rings (SSSR count). The molecule has 0 radical (unpaired) electrons. The van der Waals surface area contributed by atoms with Crippen molar-refractivity contribution in [3.8, 4) is 0 Å². The van der Waals surface area contributed by atoms with Crippen molar-refractivity contribution in [2.75, 3.05) is 0 Å². The van der Waals surface area contributed by atoms with Gasteiger partial charge in [0.05, 0.1) is 6.26 Å². The largest absolute Gasteiger partial charge is 0.464 e. The Morgan fingerprint density at radius 3 is 2.57 bits per heavy atom. The van der Waals surface area contributed by atoms with E-state index in [2.05, 4.69) is 20.8 Å². The molecule has 0 aliphatic carbocycles. The molecule has 0 unspecified atom stereocenters. The van der Waals surface area contributed by atoms with Gasteiger partial charge in [-0.2, -0.15) is 0 Å². The van der Waals surface area contributed by atoms with Gasteiger partial charge >= 0.3 is 0 Å². The Balaban J connectivity index is 2.73. The molecule has 0 saturated carbocycles. The highest BCUT2D eigenvalue weighted by atomic mass is 19.1. The summed E-state index contributed by atoms with van der Waals surface area (Å²) in [7, 11) is 0. The Morgan fingerprint density at radius 2 is 1.93 bits per heavy atom. The molecule has 0 N–H and O–H groups in total. The van der Waals surface area contributed by atoms with Crippen LogP contribution in [0, 0.1) is 5.82 Å². The van der Waals surface area contributed by atoms with Gasteiger partial charge in [0, 0.05) is 10.9 Å². The Hall–Kier alpha value is -1.31. The van der Waals surface area contributed by atoms with Crippen molar-refractivity contribution in [1.29, 1.82) is 0 Å². The lowest BCUT2D eigenvalue weighted by atomic mass is 9.87. The predicted molar refractivity (Wildman–Crippen MR) is 54.9 cm³/mol.